The van der Waals surface area contributed by atoms with E-state index in [4.69, 9.17) is 4.98 Å². The third-order valence-electron chi connectivity index (χ3n) is 3.98. The predicted octanol–water partition coefficient (Wildman–Crippen LogP) is 5.23. The van der Waals surface area contributed by atoms with E-state index >= 15 is 0 Å². The van der Waals surface area contributed by atoms with Crippen LogP contribution in [0.5, 0.6) is 0 Å². The number of rotatable bonds is 3. The van der Waals surface area contributed by atoms with Gasteiger partial charge in [-0.1, -0.05) is 12.6 Å². The third kappa shape index (κ3) is 2.64. The highest BCUT2D eigenvalue weighted by Crippen LogP contribution is 2.39. The minimum Gasteiger partial charge on any atom is -0.274 e. The summed E-state index contributed by atoms with van der Waals surface area (Å²) < 4.78 is 13.9. The molecule has 0 unspecified atom stereocenters. The molecule has 124 valence electrons. The number of aromatic amines is 1. The number of halogens is 1. The maximum absolute atomic E-state index is 13.9. The van der Waals surface area contributed by atoms with Crippen LogP contribution in [0.1, 0.15) is 18.2 Å². The molecule has 0 aliphatic carbocycles. The molecule has 1 aromatic carbocycles. The highest BCUT2D eigenvalue weighted by Gasteiger charge is 2.19. The second-order valence-corrected chi connectivity index (χ2v) is 6.94. The van der Waals surface area contributed by atoms with E-state index in [-0.39, 0.29) is 5.82 Å². The highest BCUT2D eigenvalue weighted by atomic mass is 32.1. The Morgan fingerprint density at radius 2 is 2.16 bits per heavy atom. The number of allylic oxidation sites excluding steroid dienone is 1. The average molecular weight is 350 g/mol. The SMILES string of the molecule is C=C(C)c1nc(-c2[nH]nc3c(C)cc(F)cc23)sc1-c1cccnc1. The fraction of sp³-hybridized carbons (Fsp3) is 0.105. The molecular formula is C19H15FN4S. The molecule has 4 aromatic rings. The van der Waals surface area contributed by atoms with Crippen LogP contribution < -0.4 is 0 Å². The topological polar surface area (TPSA) is 54.5 Å². The van der Waals surface area contributed by atoms with E-state index in [9.17, 15) is 4.39 Å². The van der Waals surface area contributed by atoms with Gasteiger partial charge in [0, 0.05) is 23.3 Å². The normalized spacial score (nSPS) is 11.2. The van der Waals surface area contributed by atoms with Crippen molar-refractivity contribution in [3.63, 3.8) is 0 Å². The second kappa shape index (κ2) is 5.89. The van der Waals surface area contributed by atoms with E-state index < -0.39 is 0 Å². The van der Waals surface area contributed by atoms with Crippen LogP contribution in [-0.4, -0.2) is 20.2 Å². The van der Waals surface area contributed by atoms with Crippen LogP contribution in [0.2, 0.25) is 0 Å². The van der Waals surface area contributed by atoms with Crippen LogP contribution in [0.25, 0.3) is 37.6 Å². The largest absolute Gasteiger partial charge is 0.274 e. The first-order valence-electron chi connectivity index (χ1n) is 7.76. The number of hydrogen-bond donors (Lipinski definition) is 1. The molecule has 25 heavy (non-hydrogen) atoms. The van der Waals surface area contributed by atoms with Crippen molar-refractivity contribution in [3.8, 4) is 21.1 Å². The van der Waals surface area contributed by atoms with Crippen molar-refractivity contribution in [1.29, 1.82) is 0 Å². The molecular weight excluding hydrogens is 335 g/mol. The van der Waals surface area contributed by atoms with Crippen LogP contribution in [0, 0.1) is 12.7 Å². The van der Waals surface area contributed by atoms with E-state index in [0.717, 1.165) is 48.9 Å². The van der Waals surface area contributed by atoms with Crippen molar-refractivity contribution < 1.29 is 4.39 Å². The lowest BCUT2D eigenvalue weighted by Crippen LogP contribution is -1.84. The van der Waals surface area contributed by atoms with Gasteiger partial charge in [0.15, 0.2) is 0 Å². The number of nitrogens with one attached hydrogen (secondary N) is 1. The fourth-order valence-electron chi connectivity index (χ4n) is 2.82. The van der Waals surface area contributed by atoms with Crippen LogP contribution in [0.4, 0.5) is 4.39 Å². The molecule has 3 heterocycles. The molecule has 6 heteroatoms. The Morgan fingerprint density at radius 3 is 2.88 bits per heavy atom. The molecule has 0 saturated heterocycles. The van der Waals surface area contributed by atoms with Gasteiger partial charge in [-0.2, -0.15) is 5.10 Å². The molecule has 0 saturated carbocycles. The summed E-state index contributed by atoms with van der Waals surface area (Å²) in [4.78, 5) is 9.91. The first kappa shape index (κ1) is 15.7. The minimum atomic E-state index is -0.281. The Hall–Kier alpha value is -2.86. The van der Waals surface area contributed by atoms with E-state index in [0.29, 0.717) is 0 Å². The van der Waals surface area contributed by atoms with Crippen LogP contribution in [-0.2, 0) is 0 Å². The summed E-state index contributed by atoms with van der Waals surface area (Å²) in [5.41, 5.74) is 4.94. The maximum Gasteiger partial charge on any atom is 0.143 e. The standard InChI is InChI=1S/C19H15FN4S/c1-10(2)15-18(12-5-4-6-21-9-12)25-19(22-15)17-14-8-13(20)7-11(3)16(14)23-24-17/h4-9H,1H2,2-3H3,(H,23,24). The monoisotopic (exact) mass is 350 g/mol. The first-order valence-corrected chi connectivity index (χ1v) is 8.58. The van der Waals surface area contributed by atoms with Gasteiger partial charge in [-0.25, -0.2) is 9.37 Å². The van der Waals surface area contributed by atoms with E-state index in [2.05, 4.69) is 21.8 Å². The van der Waals surface area contributed by atoms with Crippen LogP contribution in [0.15, 0.2) is 43.2 Å². The number of pyridine rings is 1. The highest BCUT2D eigenvalue weighted by molar-refractivity contribution is 7.18. The van der Waals surface area contributed by atoms with Gasteiger partial charge < -0.3 is 0 Å². The van der Waals surface area contributed by atoms with Crippen LogP contribution in [0.3, 0.4) is 0 Å². The number of H-pyrrole nitrogens is 1. The number of thiazole rings is 1. The average Bonchev–Trinajstić information content (AvgIpc) is 3.19. The lowest BCUT2D eigenvalue weighted by Gasteiger charge is -1.99. The molecule has 0 atom stereocenters. The number of nitrogens with zero attached hydrogens (tertiary/aromatic N) is 3. The van der Waals surface area contributed by atoms with Crippen molar-refractivity contribution >= 4 is 27.8 Å². The Bertz CT molecular complexity index is 1100. The van der Waals surface area contributed by atoms with E-state index in [1.54, 1.807) is 12.4 Å². The lowest BCUT2D eigenvalue weighted by atomic mass is 10.1. The van der Waals surface area contributed by atoms with E-state index in [1.165, 1.54) is 23.5 Å². The summed E-state index contributed by atoms with van der Waals surface area (Å²) in [6.07, 6.45) is 3.54. The smallest absolute Gasteiger partial charge is 0.143 e. The first-order chi connectivity index (χ1) is 12.0. The van der Waals surface area contributed by atoms with Gasteiger partial charge in [0.05, 0.1) is 16.1 Å². The van der Waals surface area contributed by atoms with Crippen LogP contribution >= 0.6 is 11.3 Å². The van der Waals surface area contributed by atoms with Gasteiger partial charge in [0.25, 0.3) is 0 Å². The zero-order chi connectivity index (χ0) is 17.6. The predicted molar refractivity (Wildman–Crippen MR) is 99.8 cm³/mol. The number of benzene rings is 1. The summed E-state index contributed by atoms with van der Waals surface area (Å²) in [6, 6.07) is 6.86. The van der Waals surface area contributed by atoms with E-state index in [1.807, 2.05) is 26.0 Å². The van der Waals surface area contributed by atoms with Crippen molar-refractivity contribution in [1.82, 2.24) is 20.2 Å². The number of hydrogen-bond acceptors (Lipinski definition) is 4. The van der Waals surface area contributed by atoms with Gasteiger partial charge in [-0.05, 0) is 43.2 Å². The molecule has 4 nitrogen and oxygen atoms in total. The molecule has 0 fully saturated rings. The zero-order valence-corrected chi connectivity index (χ0v) is 14.6. The van der Waals surface area contributed by atoms with Crippen molar-refractivity contribution in [3.05, 3.63) is 60.3 Å². The molecule has 0 radical (unpaired) electrons. The Balaban J connectivity index is 1.94. The lowest BCUT2D eigenvalue weighted by molar-refractivity contribution is 0.628. The summed E-state index contributed by atoms with van der Waals surface area (Å²) in [6.45, 7) is 7.80. The molecule has 0 bridgehead atoms. The van der Waals surface area contributed by atoms with Gasteiger partial charge in [0.2, 0.25) is 0 Å². The van der Waals surface area contributed by atoms with Crippen molar-refractivity contribution in [2.75, 3.05) is 0 Å². The second-order valence-electron chi connectivity index (χ2n) is 5.94. The number of fused-ring (bicyclic) bond motifs is 1. The zero-order valence-electron chi connectivity index (χ0n) is 13.8. The summed E-state index contributed by atoms with van der Waals surface area (Å²) in [7, 11) is 0. The van der Waals surface area contributed by atoms with Gasteiger partial charge >= 0.3 is 0 Å². The number of aromatic nitrogens is 4. The molecule has 0 aliphatic heterocycles. The Kier molecular flexibility index (Phi) is 3.69. The summed E-state index contributed by atoms with van der Waals surface area (Å²) >= 11 is 1.52. The molecule has 0 aliphatic rings. The molecule has 0 spiro atoms. The molecule has 3 aromatic heterocycles. The van der Waals surface area contributed by atoms with Gasteiger partial charge in [-0.3, -0.25) is 10.1 Å². The summed E-state index contributed by atoms with van der Waals surface area (Å²) in [5, 5.41) is 8.83. The Morgan fingerprint density at radius 1 is 1.32 bits per heavy atom. The van der Waals surface area contributed by atoms with Crippen molar-refractivity contribution in [2.45, 2.75) is 13.8 Å². The summed E-state index contributed by atoms with van der Waals surface area (Å²) in [5.74, 6) is -0.281. The Labute approximate surface area is 148 Å². The molecule has 4 rings (SSSR count). The quantitative estimate of drug-likeness (QED) is 0.550. The number of aryl methyl sites for hydroxylation is 1. The maximum atomic E-state index is 13.9. The van der Waals surface area contributed by atoms with Gasteiger partial charge in [-0.15, -0.1) is 11.3 Å². The van der Waals surface area contributed by atoms with Crippen molar-refractivity contribution in [2.24, 2.45) is 0 Å². The molecule has 0 amide bonds. The minimum absolute atomic E-state index is 0.281. The molecule has 1 N–H and O–H groups in total. The van der Waals surface area contributed by atoms with Gasteiger partial charge in [0.1, 0.15) is 16.5 Å². The third-order valence-corrected chi connectivity index (χ3v) is 5.11. The fourth-order valence-corrected chi connectivity index (χ4v) is 3.96.